The molecule has 22 heavy (non-hydrogen) atoms. The quantitative estimate of drug-likeness (QED) is 0.447. The molecule has 0 amide bonds. The van der Waals surface area contributed by atoms with Crippen LogP contribution in [0.3, 0.4) is 0 Å². The highest BCUT2D eigenvalue weighted by molar-refractivity contribution is 9.09. The third-order valence-corrected chi connectivity index (χ3v) is 5.35. The summed E-state index contributed by atoms with van der Waals surface area (Å²) in [6, 6.07) is 0. The number of hydrogen-bond donors (Lipinski definition) is 0. The maximum Gasteiger partial charge on any atom is 0.256 e. The lowest BCUT2D eigenvalue weighted by Gasteiger charge is -2.39. The molecule has 0 aromatic heterocycles. The van der Waals surface area contributed by atoms with E-state index >= 15 is 0 Å². The molecule has 0 heterocycles. The van der Waals surface area contributed by atoms with E-state index in [2.05, 4.69) is 15.9 Å². The molecule has 2 rings (SSSR count). The van der Waals surface area contributed by atoms with Gasteiger partial charge in [-0.05, 0) is 31.6 Å². The van der Waals surface area contributed by atoms with Gasteiger partial charge in [0, 0.05) is 11.2 Å². The van der Waals surface area contributed by atoms with Crippen molar-refractivity contribution in [1.82, 2.24) is 0 Å². The van der Waals surface area contributed by atoms with E-state index in [1.165, 1.54) is 0 Å². The average molecular weight is 399 g/mol. The Hall–Kier alpha value is -0.0100. The van der Waals surface area contributed by atoms with Gasteiger partial charge in [-0.15, -0.1) is 0 Å². The molecule has 0 radical (unpaired) electrons. The molecule has 0 nitrogen and oxygen atoms in total. The molecule has 2 aliphatic rings. The van der Waals surface area contributed by atoms with Gasteiger partial charge in [-0.25, -0.2) is 30.7 Å². The van der Waals surface area contributed by atoms with E-state index in [4.69, 9.17) is 0 Å². The predicted molar refractivity (Wildman–Crippen MR) is 72.2 cm³/mol. The Morgan fingerprint density at radius 1 is 0.773 bits per heavy atom. The van der Waals surface area contributed by atoms with Gasteiger partial charge < -0.3 is 0 Å². The molecule has 130 valence electrons. The zero-order valence-corrected chi connectivity index (χ0v) is 13.3. The van der Waals surface area contributed by atoms with Crippen molar-refractivity contribution in [2.75, 3.05) is 0 Å². The molecular formula is C14H18BrF7. The number of halogens is 8. The van der Waals surface area contributed by atoms with Gasteiger partial charge in [0.15, 0.2) is 6.17 Å². The molecule has 8 heteroatoms. The molecule has 0 aliphatic heterocycles. The summed E-state index contributed by atoms with van der Waals surface area (Å²) in [7, 11) is 0. The van der Waals surface area contributed by atoms with Crippen molar-refractivity contribution in [1.29, 1.82) is 0 Å². The van der Waals surface area contributed by atoms with Crippen LogP contribution in [0, 0.1) is 11.8 Å². The van der Waals surface area contributed by atoms with E-state index in [1.54, 1.807) is 0 Å². The smallest absolute Gasteiger partial charge is 0.247 e. The van der Waals surface area contributed by atoms with E-state index < -0.39 is 72.7 Å². The first-order valence-electron chi connectivity index (χ1n) is 7.34. The topological polar surface area (TPSA) is 0 Å². The van der Waals surface area contributed by atoms with Crippen molar-refractivity contribution in [2.24, 2.45) is 11.8 Å². The van der Waals surface area contributed by atoms with Crippen molar-refractivity contribution in [3.05, 3.63) is 0 Å². The molecule has 0 bridgehead atoms. The standard InChI is InChI=1S/C14H18BrF7/c15-7-3-8(16)12(9(17)4-7)14(21,22)5-6-1-10(18)13(20)11(19)2-6/h6-13H,1-5H2. The van der Waals surface area contributed by atoms with Crippen LogP contribution >= 0.6 is 15.9 Å². The van der Waals surface area contributed by atoms with Crippen LogP contribution in [0.15, 0.2) is 0 Å². The third kappa shape index (κ3) is 3.90. The van der Waals surface area contributed by atoms with Crippen LogP contribution < -0.4 is 0 Å². The molecule has 0 N–H and O–H groups in total. The fraction of sp³-hybridized carbons (Fsp3) is 1.00. The minimum atomic E-state index is -3.71. The predicted octanol–water partition coefficient (Wildman–Crippen LogP) is 5.29. The van der Waals surface area contributed by atoms with Crippen molar-refractivity contribution < 1.29 is 30.7 Å². The SMILES string of the molecule is FC1CC(CC(F)(F)C2C(F)CC(Br)CC2F)CC(F)C1F. The van der Waals surface area contributed by atoms with Crippen LogP contribution in [0.1, 0.15) is 32.1 Å². The molecule has 2 saturated carbocycles. The van der Waals surface area contributed by atoms with E-state index in [1.807, 2.05) is 0 Å². The Kier molecular flexibility index (Phi) is 5.71. The molecule has 0 aromatic carbocycles. The van der Waals surface area contributed by atoms with Gasteiger partial charge in [-0.2, -0.15) is 0 Å². The van der Waals surface area contributed by atoms with Gasteiger partial charge in [0.05, 0.1) is 5.92 Å². The van der Waals surface area contributed by atoms with Gasteiger partial charge in [0.25, 0.3) is 5.92 Å². The molecule has 0 saturated heterocycles. The maximum absolute atomic E-state index is 14.2. The van der Waals surface area contributed by atoms with Gasteiger partial charge >= 0.3 is 0 Å². The van der Waals surface area contributed by atoms with Crippen LogP contribution in [0.2, 0.25) is 0 Å². The molecule has 0 spiro atoms. The van der Waals surface area contributed by atoms with E-state index in [9.17, 15) is 30.7 Å². The van der Waals surface area contributed by atoms with Gasteiger partial charge in [0.2, 0.25) is 0 Å². The number of hydrogen-bond acceptors (Lipinski definition) is 0. The molecule has 0 aromatic rings. The first-order chi connectivity index (χ1) is 10.1. The van der Waals surface area contributed by atoms with Crippen LogP contribution in [-0.4, -0.2) is 41.6 Å². The minimum absolute atomic E-state index is 0.227. The van der Waals surface area contributed by atoms with Crippen molar-refractivity contribution in [3.8, 4) is 0 Å². The third-order valence-electron chi connectivity index (χ3n) is 4.60. The summed E-state index contributed by atoms with van der Waals surface area (Å²) in [4.78, 5) is -0.503. The Bertz CT molecular complexity index is 356. The first kappa shape index (κ1) is 18.3. The lowest BCUT2D eigenvalue weighted by Crippen LogP contribution is -2.48. The van der Waals surface area contributed by atoms with Crippen LogP contribution in [0.4, 0.5) is 30.7 Å². The van der Waals surface area contributed by atoms with E-state index in [0.29, 0.717) is 0 Å². The van der Waals surface area contributed by atoms with Crippen molar-refractivity contribution >= 4 is 15.9 Å². The van der Waals surface area contributed by atoms with Crippen LogP contribution in [0.25, 0.3) is 0 Å². The Morgan fingerprint density at radius 2 is 1.23 bits per heavy atom. The first-order valence-corrected chi connectivity index (χ1v) is 8.25. The minimum Gasteiger partial charge on any atom is -0.247 e. The summed E-state index contributed by atoms with van der Waals surface area (Å²) >= 11 is 3.02. The summed E-state index contributed by atoms with van der Waals surface area (Å²) < 4.78 is 95.8. The van der Waals surface area contributed by atoms with Gasteiger partial charge in [-0.1, -0.05) is 15.9 Å². The molecule has 2 fully saturated rings. The van der Waals surface area contributed by atoms with Crippen molar-refractivity contribution in [2.45, 2.75) is 73.7 Å². The summed E-state index contributed by atoms with van der Waals surface area (Å²) in [5.74, 6) is -6.94. The molecule has 2 aliphatic carbocycles. The highest BCUT2D eigenvalue weighted by atomic mass is 79.9. The largest absolute Gasteiger partial charge is 0.256 e. The van der Waals surface area contributed by atoms with E-state index in [0.717, 1.165) is 0 Å². The van der Waals surface area contributed by atoms with Gasteiger partial charge in [0.1, 0.15) is 24.7 Å². The summed E-state index contributed by atoms with van der Waals surface area (Å²) in [6.45, 7) is 0. The normalized spacial score (nSPS) is 47.5. The fourth-order valence-corrected chi connectivity index (χ4v) is 4.26. The Balaban J connectivity index is 2.04. The highest BCUT2D eigenvalue weighted by Crippen LogP contribution is 2.47. The van der Waals surface area contributed by atoms with Crippen LogP contribution in [0.5, 0.6) is 0 Å². The lowest BCUT2D eigenvalue weighted by molar-refractivity contribution is -0.144. The van der Waals surface area contributed by atoms with Gasteiger partial charge in [-0.3, -0.25) is 0 Å². The molecular weight excluding hydrogens is 381 g/mol. The maximum atomic E-state index is 14.2. The monoisotopic (exact) mass is 398 g/mol. The summed E-state index contributed by atoms with van der Waals surface area (Å²) in [5.41, 5.74) is 0. The lowest BCUT2D eigenvalue weighted by atomic mass is 9.75. The number of rotatable bonds is 3. The molecule has 4 atom stereocenters. The zero-order chi connectivity index (χ0) is 16.7. The second-order valence-electron chi connectivity index (χ2n) is 6.41. The number of alkyl halides is 8. The molecule has 4 unspecified atom stereocenters. The Labute approximate surface area is 132 Å². The van der Waals surface area contributed by atoms with Crippen molar-refractivity contribution in [3.63, 3.8) is 0 Å². The van der Waals surface area contributed by atoms with E-state index in [-0.39, 0.29) is 12.8 Å². The highest BCUT2D eigenvalue weighted by Gasteiger charge is 2.54. The van der Waals surface area contributed by atoms with Crippen LogP contribution in [-0.2, 0) is 0 Å². The Morgan fingerprint density at radius 3 is 1.68 bits per heavy atom. The fourth-order valence-electron chi connectivity index (χ4n) is 3.54. The second kappa shape index (κ2) is 6.85. The summed E-state index contributed by atoms with van der Waals surface area (Å²) in [6.07, 6.45) is -13.2. The average Bonchev–Trinajstić information content (AvgIpc) is 2.33. The summed E-state index contributed by atoms with van der Waals surface area (Å²) in [5, 5.41) is 0. The zero-order valence-electron chi connectivity index (χ0n) is 11.7. The second-order valence-corrected chi connectivity index (χ2v) is 7.70.